The van der Waals surface area contributed by atoms with Crippen LogP contribution in [-0.4, -0.2) is 41.2 Å². The number of piperidine rings is 1. The molecule has 1 aromatic heterocycles. The van der Waals surface area contributed by atoms with Gasteiger partial charge in [-0.25, -0.2) is 0 Å². The quantitative estimate of drug-likeness (QED) is 0.881. The zero-order chi connectivity index (χ0) is 12.5. The van der Waals surface area contributed by atoms with Gasteiger partial charge >= 0.3 is 0 Å². The van der Waals surface area contributed by atoms with Crippen LogP contribution in [0.2, 0.25) is 0 Å². The Balaban J connectivity index is 1.66. The second-order valence-corrected chi connectivity index (χ2v) is 5.56. The molecule has 100 valence electrons. The van der Waals surface area contributed by atoms with Crippen molar-refractivity contribution in [3.63, 3.8) is 0 Å². The molecular formula is C13H22N4O. The van der Waals surface area contributed by atoms with Crippen molar-refractivity contribution in [2.45, 2.75) is 50.6 Å². The van der Waals surface area contributed by atoms with Gasteiger partial charge in [0.2, 0.25) is 5.89 Å². The van der Waals surface area contributed by atoms with E-state index in [1.54, 1.807) is 0 Å². The smallest absolute Gasteiger partial charge is 0.243 e. The molecule has 1 saturated heterocycles. The molecule has 3 rings (SSSR count). The summed E-state index contributed by atoms with van der Waals surface area (Å²) >= 11 is 0. The van der Waals surface area contributed by atoms with Crippen LogP contribution in [0.15, 0.2) is 4.52 Å². The highest BCUT2D eigenvalue weighted by Crippen LogP contribution is 2.38. The van der Waals surface area contributed by atoms with E-state index < -0.39 is 0 Å². The van der Waals surface area contributed by atoms with Gasteiger partial charge < -0.3 is 9.84 Å². The highest BCUT2D eigenvalue weighted by molar-refractivity contribution is 5.05. The molecule has 2 atom stereocenters. The van der Waals surface area contributed by atoms with E-state index in [2.05, 4.69) is 27.3 Å². The molecule has 2 heterocycles. The molecule has 1 aliphatic heterocycles. The molecule has 0 spiro atoms. The van der Waals surface area contributed by atoms with E-state index in [0.717, 1.165) is 24.8 Å². The van der Waals surface area contributed by atoms with Crippen LogP contribution >= 0.6 is 0 Å². The number of hydrogen-bond donors (Lipinski definition) is 1. The van der Waals surface area contributed by atoms with Crippen molar-refractivity contribution >= 4 is 0 Å². The van der Waals surface area contributed by atoms with Gasteiger partial charge in [-0.15, -0.1) is 0 Å². The Hall–Kier alpha value is -0.940. The fraction of sp³-hybridized carbons (Fsp3) is 0.846. The molecule has 0 amide bonds. The van der Waals surface area contributed by atoms with Crippen LogP contribution in [0.1, 0.15) is 56.3 Å². The van der Waals surface area contributed by atoms with Crippen molar-refractivity contribution in [1.82, 2.24) is 20.4 Å². The van der Waals surface area contributed by atoms with Gasteiger partial charge in [0.15, 0.2) is 5.82 Å². The SMILES string of the molecule is CNC1CCCN(C(C)c2nc(C3CC3)no2)C1. The summed E-state index contributed by atoms with van der Waals surface area (Å²) in [5.74, 6) is 2.27. The first-order valence-corrected chi connectivity index (χ1v) is 7.02. The number of likely N-dealkylation sites (N-methyl/N-ethyl adjacent to an activating group) is 1. The molecule has 18 heavy (non-hydrogen) atoms. The van der Waals surface area contributed by atoms with E-state index in [1.165, 1.54) is 25.7 Å². The Morgan fingerprint density at radius 1 is 1.39 bits per heavy atom. The van der Waals surface area contributed by atoms with E-state index in [1.807, 2.05) is 7.05 Å². The Kier molecular flexibility index (Phi) is 3.35. The monoisotopic (exact) mass is 250 g/mol. The predicted octanol–water partition coefficient (Wildman–Crippen LogP) is 1.69. The normalized spacial score (nSPS) is 27.3. The van der Waals surface area contributed by atoms with Crippen molar-refractivity contribution < 1.29 is 4.52 Å². The molecule has 5 heteroatoms. The van der Waals surface area contributed by atoms with Crippen LogP contribution in [0.4, 0.5) is 0 Å². The first-order valence-electron chi connectivity index (χ1n) is 7.02. The summed E-state index contributed by atoms with van der Waals surface area (Å²) in [6.45, 7) is 4.36. The lowest BCUT2D eigenvalue weighted by molar-refractivity contribution is 0.126. The van der Waals surface area contributed by atoms with Gasteiger partial charge in [0, 0.05) is 18.5 Å². The van der Waals surface area contributed by atoms with Gasteiger partial charge in [0.1, 0.15) is 0 Å². The molecule has 1 aromatic rings. The van der Waals surface area contributed by atoms with Crippen LogP contribution in [0.25, 0.3) is 0 Å². The minimum atomic E-state index is 0.237. The zero-order valence-corrected chi connectivity index (χ0v) is 11.2. The lowest BCUT2D eigenvalue weighted by Crippen LogP contribution is -2.45. The van der Waals surface area contributed by atoms with Gasteiger partial charge in [-0.2, -0.15) is 4.98 Å². The predicted molar refractivity (Wildman–Crippen MR) is 68.3 cm³/mol. The third-order valence-corrected chi connectivity index (χ3v) is 4.17. The molecule has 2 unspecified atom stereocenters. The standard InChI is InChI=1S/C13H22N4O/c1-9(17-7-3-4-11(8-17)14-2)13-15-12(16-18-13)10-5-6-10/h9-11,14H,3-8H2,1-2H3. The minimum absolute atomic E-state index is 0.237. The van der Waals surface area contributed by atoms with Crippen LogP contribution in [-0.2, 0) is 0 Å². The summed E-state index contributed by atoms with van der Waals surface area (Å²) in [6.07, 6.45) is 4.94. The molecular weight excluding hydrogens is 228 g/mol. The summed E-state index contributed by atoms with van der Waals surface area (Å²) in [5, 5.41) is 7.47. The highest BCUT2D eigenvalue weighted by atomic mass is 16.5. The first-order chi connectivity index (χ1) is 8.78. The minimum Gasteiger partial charge on any atom is -0.338 e. The van der Waals surface area contributed by atoms with Gasteiger partial charge in [-0.05, 0) is 46.2 Å². The van der Waals surface area contributed by atoms with Crippen molar-refractivity contribution in [2.75, 3.05) is 20.1 Å². The first kappa shape index (κ1) is 12.1. The summed E-state index contributed by atoms with van der Waals surface area (Å²) in [4.78, 5) is 7.00. The summed E-state index contributed by atoms with van der Waals surface area (Å²) in [5.41, 5.74) is 0. The molecule has 1 saturated carbocycles. The summed E-state index contributed by atoms with van der Waals surface area (Å²) < 4.78 is 5.43. The number of rotatable bonds is 4. The third-order valence-electron chi connectivity index (χ3n) is 4.17. The zero-order valence-electron chi connectivity index (χ0n) is 11.2. The van der Waals surface area contributed by atoms with E-state index >= 15 is 0 Å². The Labute approximate surface area is 108 Å². The maximum atomic E-state index is 5.43. The van der Waals surface area contributed by atoms with Crippen molar-refractivity contribution in [2.24, 2.45) is 0 Å². The maximum absolute atomic E-state index is 5.43. The topological polar surface area (TPSA) is 54.2 Å². The van der Waals surface area contributed by atoms with Gasteiger partial charge in [0.25, 0.3) is 0 Å². The van der Waals surface area contributed by atoms with Crippen molar-refractivity contribution in [3.8, 4) is 0 Å². The van der Waals surface area contributed by atoms with Gasteiger partial charge in [-0.3, -0.25) is 4.90 Å². The molecule has 2 fully saturated rings. The van der Waals surface area contributed by atoms with Crippen LogP contribution in [0, 0.1) is 0 Å². The van der Waals surface area contributed by atoms with Gasteiger partial charge in [-0.1, -0.05) is 5.16 Å². The third kappa shape index (κ3) is 2.42. The second-order valence-electron chi connectivity index (χ2n) is 5.56. The number of hydrogen-bond acceptors (Lipinski definition) is 5. The van der Waals surface area contributed by atoms with Crippen molar-refractivity contribution in [1.29, 1.82) is 0 Å². The number of nitrogens with one attached hydrogen (secondary N) is 1. The lowest BCUT2D eigenvalue weighted by Gasteiger charge is -2.35. The van der Waals surface area contributed by atoms with E-state index in [-0.39, 0.29) is 6.04 Å². The van der Waals surface area contributed by atoms with Crippen LogP contribution in [0.3, 0.4) is 0 Å². The number of nitrogens with zero attached hydrogens (tertiary/aromatic N) is 3. The maximum Gasteiger partial charge on any atom is 0.243 e. The Bertz CT molecular complexity index is 401. The molecule has 0 aromatic carbocycles. The largest absolute Gasteiger partial charge is 0.338 e. The Morgan fingerprint density at radius 3 is 2.94 bits per heavy atom. The summed E-state index contributed by atoms with van der Waals surface area (Å²) in [7, 11) is 2.04. The fourth-order valence-corrected chi connectivity index (χ4v) is 2.67. The van der Waals surface area contributed by atoms with E-state index in [4.69, 9.17) is 4.52 Å². The molecule has 2 aliphatic rings. The van der Waals surface area contributed by atoms with E-state index in [0.29, 0.717) is 12.0 Å². The average molecular weight is 250 g/mol. The van der Waals surface area contributed by atoms with Crippen LogP contribution in [0.5, 0.6) is 0 Å². The average Bonchev–Trinajstić information content (AvgIpc) is 3.16. The molecule has 5 nitrogen and oxygen atoms in total. The summed E-state index contributed by atoms with van der Waals surface area (Å²) in [6, 6.07) is 0.827. The fourth-order valence-electron chi connectivity index (χ4n) is 2.67. The number of likely N-dealkylation sites (tertiary alicyclic amines) is 1. The highest BCUT2D eigenvalue weighted by Gasteiger charge is 2.31. The molecule has 1 aliphatic carbocycles. The Morgan fingerprint density at radius 2 is 2.22 bits per heavy atom. The van der Waals surface area contributed by atoms with E-state index in [9.17, 15) is 0 Å². The molecule has 0 bridgehead atoms. The van der Waals surface area contributed by atoms with Crippen LogP contribution < -0.4 is 5.32 Å². The van der Waals surface area contributed by atoms with Gasteiger partial charge in [0.05, 0.1) is 6.04 Å². The second kappa shape index (κ2) is 4.97. The molecule has 1 N–H and O–H groups in total. The number of aromatic nitrogens is 2. The lowest BCUT2D eigenvalue weighted by atomic mass is 10.0. The molecule has 0 radical (unpaired) electrons. The van der Waals surface area contributed by atoms with Crippen molar-refractivity contribution in [3.05, 3.63) is 11.7 Å².